The Morgan fingerprint density at radius 2 is 1.85 bits per heavy atom. The summed E-state index contributed by atoms with van der Waals surface area (Å²) in [6, 6.07) is 16.6. The van der Waals surface area contributed by atoms with E-state index in [0.717, 1.165) is 40.2 Å². The van der Waals surface area contributed by atoms with Gasteiger partial charge in [-0.25, -0.2) is 0 Å². The maximum Gasteiger partial charge on any atom is 0.162 e. The summed E-state index contributed by atoms with van der Waals surface area (Å²) >= 11 is 5.41. The molecule has 1 aromatic heterocycles. The SMILES string of the molecule is COc1cc(CNCc2cccs2)c(Br)cc1OCc1ccc(C)cc1. The third-order valence-corrected chi connectivity index (χ3v) is 5.66. The summed E-state index contributed by atoms with van der Waals surface area (Å²) in [5.41, 5.74) is 3.52. The van der Waals surface area contributed by atoms with E-state index < -0.39 is 0 Å². The molecule has 0 saturated heterocycles. The van der Waals surface area contributed by atoms with Crippen LogP contribution in [0.15, 0.2) is 58.4 Å². The lowest BCUT2D eigenvalue weighted by molar-refractivity contribution is 0.284. The Bertz CT molecular complexity index is 832. The summed E-state index contributed by atoms with van der Waals surface area (Å²) < 4.78 is 12.5. The van der Waals surface area contributed by atoms with Crippen molar-refractivity contribution in [3.63, 3.8) is 0 Å². The van der Waals surface area contributed by atoms with Crippen molar-refractivity contribution in [3.8, 4) is 11.5 Å². The molecule has 3 aromatic rings. The standard InChI is InChI=1S/C21H22BrNO2S/c1-15-5-7-16(8-6-15)14-25-21-11-19(22)17(10-20(21)24-2)12-23-13-18-4-3-9-26-18/h3-11,23H,12-14H2,1-2H3. The number of nitrogens with one attached hydrogen (secondary N) is 1. The first-order valence-electron chi connectivity index (χ1n) is 8.43. The van der Waals surface area contributed by atoms with Gasteiger partial charge >= 0.3 is 0 Å². The van der Waals surface area contributed by atoms with Gasteiger partial charge in [-0.15, -0.1) is 11.3 Å². The lowest BCUT2D eigenvalue weighted by Crippen LogP contribution is -2.12. The van der Waals surface area contributed by atoms with Crippen LogP contribution in [-0.4, -0.2) is 7.11 Å². The summed E-state index contributed by atoms with van der Waals surface area (Å²) in [6.45, 7) is 4.21. The van der Waals surface area contributed by atoms with Crippen LogP contribution >= 0.6 is 27.3 Å². The highest BCUT2D eigenvalue weighted by atomic mass is 79.9. The summed E-state index contributed by atoms with van der Waals surface area (Å²) in [7, 11) is 1.67. The number of thiophene rings is 1. The molecular formula is C21H22BrNO2S. The number of halogens is 1. The lowest BCUT2D eigenvalue weighted by Gasteiger charge is -2.14. The normalized spacial score (nSPS) is 10.7. The average Bonchev–Trinajstić information content (AvgIpc) is 3.16. The first kappa shape index (κ1) is 19.0. The van der Waals surface area contributed by atoms with Crippen molar-refractivity contribution in [2.75, 3.05) is 7.11 Å². The lowest BCUT2D eigenvalue weighted by atomic mass is 10.1. The van der Waals surface area contributed by atoms with E-state index >= 15 is 0 Å². The van der Waals surface area contributed by atoms with Gasteiger partial charge in [0.1, 0.15) is 6.61 Å². The quantitative estimate of drug-likeness (QED) is 0.496. The van der Waals surface area contributed by atoms with E-state index in [2.05, 4.69) is 69.9 Å². The second kappa shape index (κ2) is 9.21. The molecule has 0 saturated carbocycles. The molecule has 3 nitrogen and oxygen atoms in total. The maximum atomic E-state index is 5.98. The zero-order valence-electron chi connectivity index (χ0n) is 14.9. The molecule has 0 bridgehead atoms. The molecular weight excluding hydrogens is 410 g/mol. The molecule has 0 atom stereocenters. The van der Waals surface area contributed by atoms with Crippen molar-refractivity contribution in [1.82, 2.24) is 5.32 Å². The number of hydrogen-bond donors (Lipinski definition) is 1. The zero-order valence-corrected chi connectivity index (χ0v) is 17.3. The Morgan fingerprint density at radius 1 is 1.04 bits per heavy atom. The molecule has 0 aliphatic rings. The number of aryl methyl sites for hydroxylation is 1. The number of hydrogen-bond acceptors (Lipinski definition) is 4. The smallest absolute Gasteiger partial charge is 0.162 e. The summed E-state index contributed by atoms with van der Waals surface area (Å²) in [6.07, 6.45) is 0. The van der Waals surface area contributed by atoms with Gasteiger partial charge in [0.05, 0.1) is 7.11 Å². The number of benzene rings is 2. The fourth-order valence-corrected chi connectivity index (χ4v) is 3.70. The Kier molecular flexibility index (Phi) is 6.72. The first-order valence-corrected chi connectivity index (χ1v) is 10.1. The predicted molar refractivity (Wildman–Crippen MR) is 111 cm³/mol. The van der Waals surface area contributed by atoms with Gasteiger partial charge < -0.3 is 14.8 Å². The van der Waals surface area contributed by atoms with Gasteiger partial charge in [-0.05, 0) is 41.6 Å². The highest BCUT2D eigenvalue weighted by Gasteiger charge is 2.11. The molecule has 0 amide bonds. The molecule has 1 heterocycles. The predicted octanol–water partition coefficient (Wildman–Crippen LogP) is 5.70. The average molecular weight is 432 g/mol. The van der Waals surface area contributed by atoms with Crippen molar-refractivity contribution in [2.45, 2.75) is 26.6 Å². The van der Waals surface area contributed by atoms with Crippen molar-refractivity contribution in [1.29, 1.82) is 0 Å². The van der Waals surface area contributed by atoms with Gasteiger partial charge in [0.25, 0.3) is 0 Å². The molecule has 1 N–H and O–H groups in total. The first-order chi connectivity index (χ1) is 12.7. The van der Waals surface area contributed by atoms with Gasteiger partial charge in [-0.2, -0.15) is 0 Å². The van der Waals surface area contributed by atoms with Gasteiger partial charge in [0.15, 0.2) is 11.5 Å². The highest BCUT2D eigenvalue weighted by Crippen LogP contribution is 2.34. The maximum absolute atomic E-state index is 5.98. The Hall–Kier alpha value is -1.82. The topological polar surface area (TPSA) is 30.5 Å². The fraction of sp³-hybridized carbons (Fsp3) is 0.238. The largest absolute Gasteiger partial charge is 0.493 e. The molecule has 0 aliphatic carbocycles. The summed E-state index contributed by atoms with van der Waals surface area (Å²) in [5.74, 6) is 1.48. The molecule has 5 heteroatoms. The van der Waals surface area contributed by atoms with Crippen LogP contribution in [0, 0.1) is 6.92 Å². The van der Waals surface area contributed by atoms with E-state index in [0.29, 0.717) is 6.61 Å². The molecule has 0 unspecified atom stereocenters. The van der Waals surface area contributed by atoms with Crippen LogP contribution in [0.5, 0.6) is 11.5 Å². The highest BCUT2D eigenvalue weighted by molar-refractivity contribution is 9.10. The third-order valence-electron chi connectivity index (χ3n) is 4.04. The number of rotatable bonds is 8. The second-order valence-electron chi connectivity index (χ2n) is 6.05. The van der Waals surface area contributed by atoms with Crippen LogP contribution in [0.4, 0.5) is 0 Å². The second-order valence-corrected chi connectivity index (χ2v) is 7.94. The van der Waals surface area contributed by atoms with Crippen LogP contribution in [-0.2, 0) is 19.7 Å². The van der Waals surface area contributed by atoms with Crippen LogP contribution in [0.1, 0.15) is 21.6 Å². The van der Waals surface area contributed by atoms with Crippen molar-refractivity contribution in [2.24, 2.45) is 0 Å². The van der Waals surface area contributed by atoms with Crippen LogP contribution in [0.3, 0.4) is 0 Å². The molecule has 26 heavy (non-hydrogen) atoms. The van der Waals surface area contributed by atoms with E-state index in [1.807, 2.05) is 12.1 Å². The van der Waals surface area contributed by atoms with Crippen LogP contribution < -0.4 is 14.8 Å². The van der Waals surface area contributed by atoms with E-state index in [9.17, 15) is 0 Å². The van der Waals surface area contributed by atoms with E-state index in [1.165, 1.54) is 10.4 Å². The minimum atomic E-state index is 0.513. The Balaban J connectivity index is 1.64. The van der Waals surface area contributed by atoms with Gasteiger partial charge in [-0.3, -0.25) is 0 Å². The van der Waals surface area contributed by atoms with Gasteiger partial charge in [-0.1, -0.05) is 51.8 Å². The molecule has 0 aliphatic heterocycles. The minimum absolute atomic E-state index is 0.513. The van der Waals surface area contributed by atoms with E-state index in [1.54, 1.807) is 18.4 Å². The van der Waals surface area contributed by atoms with E-state index in [-0.39, 0.29) is 0 Å². The molecule has 0 fully saturated rings. The monoisotopic (exact) mass is 431 g/mol. The zero-order chi connectivity index (χ0) is 18.4. The Labute approximate surface area is 167 Å². The summed E-state index contributed by atoms with van der Waals surface area (Å²) in [4.78, 5) is 1.33. The fourth-order valence-electron chi connectivity index (χ4n) is 2.56. The molecule has 0 spiro atoms. The molecule has 2 aromatic carbocycles. The van der Waals surface area contributed by atoms with Crippen molar-refractivity contribution in [3.05, 3.63) is 80.0 Å². The molecule has 0 radical (unpaired) electrons. The van der Waals surface area contributed by atoms with Gasteiger partial charge in [0, 0.05) is 22.4 Å². The minimum Gasteiger partial charge on any atom is -0.493 e. The number of ether oxygens (including phenoxy) is 2. The van der Waals surface area contributed by atoms with E-state index in [4.69, 9.17) is 9.47 Å². The number of methoxy groups -OCH3 is 1. The van der Waals surface area contributed by atoms with Crippen LogP contribution in [0.2, 0.25) is 0 Å². The Morgan fingerprint density at radius 3 is 2.54 bits per heavy atom. The summed E-state index contributed by atoms with van der Waals surface area (Å²) in [5, 5.41) is 5.56. The third kappa shape index (κ3) is 5.10. The van der Waals surface area contributed by atoms with Gasteiger partial charge in [0.2, 0.25) is 0 Å². The molecule has 3 rings (SSSR count). The van der Waals surface area contributed by atoms with Crippen molar-refractivity contribution >= 4 is 27.3 Å². The molecule has 136 valence electrons. The van der Waals surface area contributed by atoms with Crippen LogP contribution in [0.25, 0.3) is 0 Å². The van der Waals surface area contributed by atoms with Crippen molar-refractivity contribution < 1.29 is 9.47 Å².